The second-order valence-electron chi connectivity index (χ2n) is 8.37. The molecular formula is C21H28N2O6S. The van der Waals surface area contributed by atoms with Crippen LogP contribution >= 0.6 is 0 Å². The molecule has 2 aliphatic heterocycles. The number of benzene rings is 1. The Morgan fingerprint density at radius 2 is 1.77 bits per heavy atom. The van der Waals surface area contributed by atoms with E-state index >= 15 is 0 Å². The van der Waals surface area contributed by atoms with Gasteiger partial charge in [0.2, 0.25) is 15.9 Å². The first kappa shape index (κ1) is 21.3. The van der Waals surface area contributed by atoms with Crippen molar-refractivity contribution in [2.24, 2.45) is 0 Å². The van der Waals surface area contributed by atoms with Gasteiger partial charge in [-0.2, -0.15) is 4.31 Å². The highest BCUT2D eigenvalue weighted by atomic mass is 32.2. The maximum Gasteiger partial charge on any atom is 0.224 e. The fourth-order valence-corrected chi connectivity index (χ4v) is 5.12. The minimum Gasteiger partial charge on any atom is -0.464 e. The van der Waals surface area contributed by atoms with Crippen molar-refractivity contribution in [3.63, 3.8) is 0 Å². The van der Waals surface area contributed by atoms with E-state index in [9.17, 15) is 13.2 Å². The quantitative estimate of drug-likeness (QED) is 0.779. The number of nitrogens with zero attached hydrogens (tertiary/aromatic N) is 1. The van der Waals surface area contributed by atoms with Gasteiger partial charge in [-0.1, -0.05) is 6.07 Å². The molecule has 3 heterocycles. The van der Waals surface area contributed by atoms with Crippen LogP contribution in [-0.4, -0.2) is 69.4 Å². The minimum atomic E-state index is -3.27. The number of amides is 1. The van der Waals surface area contributed by atoms with Crippen LogP contribution < -0.4 is 5.32 Å². The predicted molar refractivity (Wildman–Crippen MR) is 112 cm³/mol. The number of carbonyl (C=O) groups excluding carboxylic acids is 1. The van der Waals surface area contributed by atoms with Gasteiger partial charge < -0.3 is 19.2 Å². The van der Waals surface area contributed by atoms with Gasteiger partial charge >= 0.3 is 0 Å². The van der Waals surface area contributed by atoms with Gasteiger partial charge in [0.05, 0.1) is 50.4 Å². The Morgan fingerprint density at radius 3 is 2.37 bits per heavy atom. The van der Waals surface area contributed by atoms with E-state index in [2.05, 4.69) is 11.4 Å². The average molecular weight is 437 g/mol. The number of furan rings is 1. The highest BCUT2D eigenvalue weighted by Crippen LogP contribution is 2.30. The lowest BCUT2D eigenvalue weighted by atomic mass is 9.99. The molecule has 4 rings (SSSR count). The fourth-order valence-electron chi connectivity index (χ4n) is 4.28. The van der Waals surface area contributed by atoms with E-state index in [0.29, 0.717) is 0 Å². The van der Waals surface area contributed by atoms with Crippen LogP contribution in [0.2, 0.25) is 0 Å². The Balaban J connectivity index is 1.38. The van der Waals surface area contributed by atoms with E-state index in [1.165, 1.54) is 10.6 Å². The molecule has 1 N–H and O–H groups in total. The molecule has 0 saturated carbocycles. The minimum absolute atomic E-state index is 0.127. The third-order valence-corrected chi connectivity index (χ3v) is 7.25. The summed E-state index contributed by atoms with van der Waals surface area (Å²) in [6, 6.07) is 1.83. The highest BCUT2D eigenvalue weighted by Gasteiger charge is 2.40. The van der Waals surface area contributed by atoms with Crippen LogP contribution in [0.15, 0.2) is 16.7 Å². The van der Waals surface area contributed by atoms with Crippen molar-refractivity contribution in [3.05, 3.63) is 34.6 Å². The summed E-state index contributed by atoms with van der Waals surface area (Å²) in [5.74, 6) is -0.127. The van der Waals surface area contributed by atoms with E-state index in [-0.39, 0.29) is 56.9 Å². The van der Waals surface area contributed by atoms with Crippen molar-refractivity contribution >= 4 is 26.9 Å². The second kappa shape index (κ2) is 7.96. The summed E-state index contributed by atoms with van der Waals surface area (Å²) in [5, 5.41) is 3.97. The van der Waals surface area contributed by atoms with Gasteiger partial charge in [0.15, 0.2) is 0 Å². The van der Waals surface area contributed by atoms with Crippen LogP contribution in [0.4, 0.5) is 0 Å². The SMILES string of the molecule is Cc1cc(C)c2c(CC(=O)NC3CO[C@H]4CN(S(C)(=O)=O)C[C@@H]4OC3)coc2c1C. The number of rotatable bonds is 4. The van der Waals surface area contributed by atoms with E-state index in [1.807, 2.05) is 20.8 Å². The van der Waals surface area contributed by atoms with Gasteiger partial charge in [-0.15, -0.1) is 0 Å². The molecular weight excluding hydrogens is 408 g/mol. The summed E-state index contributed by atoms with van der Waals surface area (Å²) in [6.45, 7) is 7.23. The van der Waals surface area contributed by atoms with E-state index in [1.54, 1.807) is 6.26 Å². The smallest absolute Gasteiger partial charge is 0.224 e. The zero-order valence-corrected chi connectivity index (χ0v) is 18.5. The van der Waals surface area contributed by atoms with Crippen molar-refractivity contribution in [1.82, 2.24) is 9.62 Å². The summed E-state index contributed by atoms with van der Waals surface area (Å²) in [5.41, 5.74) is 5.04. The fraction of sp³-hybridized carbons (Fsp3) is 0.571. The number of fused-ring (bicyclic) bond motifs is 2. The van der Waals surface area contributed by atoms with Crippen LogP contribution in [0.25, 0.3) is 11.0 Å². The molecule has 0 spiro atoms. The van der Waals surface area contributed by atoms with Crippen molar-refractivity contribution < 1.29 is 27.1 Å². The Bertz CT molecular complexity index is 1060. The molecule has 0 aliphatic carbocycles. The molecule has 0 bridgehead atoms. The van der Waals surface area contributed by atoms with Gasteiger partial charge in [0.1, 0.15) is 5.58 Å². The molecule has 2 fully saturated rings. The van der Waals surface area contributed by atoms with Gasteiger partial charge in [-0.3, -0.25) is 4.79 Å². The maximum atomic E-state index is 12.7. The van der Waals surface area contributed by atoms with Gasteiger partial charge in [-0.25, -0.2) is 8.42 Å². The van der Waals surface area contributed by atoms with Crippen LogP contribution in [0.5, 0.6) is 0 Å². The topological polar surface area (TPSA) is 98.1 Å². The normalized spacial score (nSPS) is 23.5. The number of aryl methyl sites for hydroxylation is 3. The number of hydrogen-bond donors (Lipinski definition) is 1. The summed E-state index contributed by atoms with van der Waals surface area (Å²) in [4.78, 5) is 12.7. The number of ether oxygens (including phenoxy) is 2. The van der Waals surface area contributed by atoms with Crippen molar-refractivity contribution in [2.45, 2.75) is 45.4 Å². The summed E-state index contributed by atoms with van der Waals surface area (Å²) in [7, 11) is -3.27. The Hall–Kier alpha value is -1.94. The molecule has 2 saturated heterocycles. The Labute approximate surface area is 176 Å². The third kappa shape index (κ3) is 4.12. The first-order chi connectivity index (χ1) is 14.1. The standard InChI is InChI=1S/C21H28N2O6S/c1-12-5-13(2)20-15(9-29-21(20)14(12)3)6-19(24)22-16-10-27-17-7-23(30(4,25)26)8-18(17)28-11-16/h5,9,16-18H,6-8,10-11H2,1-4H3,(H,22,24)/t17-,18-/m0/s1. The molecule has 1 amide bonds. The zero-order valence-electron chi connectivity index (χ0n) is 17.7. The molecule has 8 nitrogen and oxygen atoms in total. The summed E-state index contributed by atoms with van der Waals surface area (Å²) < 4.78 is 42.3. The van der Waals surface area contributed by atoms with E-state index in [0.717, 1.165) is 33.2 Å². The summed E-state index contributed by atoms with van der Waals surface area (Å²) >= 11 is 0. The molecule has 2 atom stereocenters. The highest BCUT2D eigenvalue weighted by molar-refractivity contribution is 7.88. The average Bonchev–Trinajstić information content (AvgIpc) is 3.22. The molecule has 2 aromatic rings. The lowest BCUT2D eigenvalue weighted by molar-refractivity contribution is -0.121. The van der Waals surface area contributed by atoms with Crippen LogP contribution in [0.1, 0.15) is 22.3 Å². The van der Waals surface area contributed by atoms with Crippen LogP contribution in [-0.2, 0) is 30.7 Å². The molecule has 2 aliphatic rings. The number of carbonyl (C=O) groups is 1. The van der Waals surface area contributed by atoms with E-state index in [4.69, 9.17) is 13.9 Å². The number of sulfonamides is 1. The maximum absolute atomic E-state index is 12.7. The van der Waals surface area contributed by atoms with Crippen molar-refractivity contribution in [3.8, 4) is 0 Å². The zero-order chi connectivity index (χ0) is 21.6. The van der Waals surface area contributed by atoms with Crippen LogP contribution in [0, 0.1) is 20.8 Å². The Morgan fingerprint density at radius 1 is 1.13 bits per heavy atom. The molecule has 9 heteroatoms. The first-order valence-electron chi connectivity index (χ1n) is 10.1. The first-order valence-corrected chi connectivity index (χ1v) is 11.9. The van der Waals surface area contributed by atoms with Gasteiger partial charge in [0, 0.05) is 24.0 Å². The van der Waals surface area contributed by atoms with Crippen molar-refractivity contribution in [2.75, 3.05) is 32.6 Å². The number of nitrogens with one attached hydrogen (secondary N) is 1. The lowest BCUT2D eigenvalue weighted by Gasteiger charge is -2.18. The molecule has 1 aromatic carbocycles. The van der Waals surface area contributed by atoms with Gasteiger partial charge in [-0.05, 0) is 37.5 Å². The summed E-state index contributed by atoms with van der Waals surface area (Å²) in [6.07, 6.45) is 2.43. The second-order valence-corrected chi connectivity index (χ2v) is 10.3. The molecule has 0 unspecified atom stereocenters. The predicted octanol–water partition coefficient (Wildman–Crippen LogP) is 1.44. The Kier molecular flexibility index (Phi) is 5.65. The largest absolute Gasteiger partial charge is 0.464 e. The molecule has 30 heavy (non-hydrogen) atoms. The molecule has 1 aromatic heterocycles. The molecule has 164 valence electrons. The van der Waals surface area contributed by atoms with Crippen LogP contribution in [0.3, 0.4) is 0 Å². The lowest BCUT2D eigenvalue weighted by Crippen LogP contribution is -2.42. The monoisotopic (exact) mass is 436 g/mol. The van der Waals surface area contributed by atoms with Gasteiger partial charge in [0.25, 0.3) is 0 Å². The molecule has 0 radical (unpaired) electrons. The van der Waals surface area contributed by atoms with E-state index < -0.39 is 10.0 Å². The third-order valence-electron chi connectivity index (χ3n) is 6.02. The van der Waals surface area contributed by atoms with Crippen molar-refractivity contribution in [1.29, 1.82) is 0 Å². The number of hydrogen-bond acceptors (Lipinski definition) is 6.